The average Bonchev–Trinajstić information content (AvgIpc) is 3.45. The van der Waals surface area contributed by atoms with Crippen molar-refractivity contribution in [3.63, 3.8) is 0 Å². The Kier molecular flexibility index (Phi) is 5.40. The summed E-state index contributed by atoms with van der Waals surface area (Å²) in [6.07, 6.45) is 4.20. The number of aromatic nitrogens is 1. The summed E-state index contributed by atoms with van der Waals surface area (Å²) < 4.78 is 6.00. The van der Waals surface area contributed by atoms with Gasteiger partial charge in [0.2, 0.25) is 0 Å². The summed E-state index contributed by atoms with van der Waals surface area (Å²) in [5.41, 5.74) is 4.24. The Morgan fingerprint density at radius 3 is 2.52 bits per heavy atom. The fraction of sp³-hybridized carbons (Fsp3) is 0.476. The molecule has 1 fully saturated rings. The maximum Gasteiger partial charge on any atom is 0.130 e. The molecule has 1 aliphatic carbocycles. The third-order valence-corrected chi connectivity index (χ3v) is 5.11. The van der Waals surface area contributed by atoms with Crippen LogP contribution in [-0.2, 0) is 13.2 Å². The molecule has 25 heavy (non-hydrogen) atoms. The number of aliphatic hydroxyl groups excluding tert-OH is 1. The number of hydrogen-bond acceptors (Lipinski definition) is 4. The highest BCUT2D eigenvalue weighted by atomic mass is 16.5. The van der Waals surface area contributed by atoms with E-state index in [9.17, 15) is 5.11 Å². The number of rotatable bonds is 8. The minimum Gasteiger partial charge on any atom is -0.487 e. The zero-order valence-electron chi connectivity index (χ0n) is 15.4. The van der Waals surface area contributed by atoms with E-state index in [1.54, 1.807) is 6.20 Å². The Hall–Kier alpha value is -1.91. The Morgan fingerprint density at radius 2 is 1.96 bits per heavy atom. The lowest BCUT2D eigenvalue weighted by Crippen LogP contribution is -2.47. The van der Waals surface area contributed by atoms with Gasteiger partial charge in [0.15, 0.2) is 0 Å². The Bertz CT molecular complexity index is 690. The maximum absolute atomic E-state index is 9.72. The molecule has 1 saturated carbocycles. The second-order valence-corrected chi connectivity index (χ2v) is 7.37. The van der Waals surface area contributed by atoms with Gasteiger partial charge in [0.1, 0.15) is 12.4 Å². The van der Waals surface area contributed by atoms with E-state index in [2.05, 4.69) is 43.2 Å². The summed E-state index contributed by atoms with van der Waals surface area (Å²) in [6, 6.07) is 10.2. The molecular formula is C21H28N2O2. The summed E-state index contributed by atoms with van der Waals surface area (Å²) in [4.78, 5) is 4.30. The molecule has 0 amide bonds. The van der Waals surface area contributed by atoms with E-state index >= 15 is 0 Å². The second-order valence-electron chi connectivity index (χ2n) is 7.37. The number of aryl methyl sites for hydroxylation is 2. The lowest BCUT2D eigenvalue weighted by Gasteiger charge is -2.29. The van der Waals surface area contributed by atoms with Crippen molar-refractivity contribution in [3.8, 4) is 5.75 Å². The molecule has 3 rings (SSSR count). The molecule has 134 valence electrons. The van der Waals surface area contributed by atoms with Crippen LogP contribution in [0.1, 0.15) is 42.1 Å². The molecule has 0 radical (unpaired) electrons. The van der Waals surface area contributed by atoms with Crippen molar-refractivity contribution in [1.82, 2.24) is 10.3 Å². The molecule has 0 bridgehead atoms. The molecule has 0 aliphatic heterocycles. The number of aliphatic hydroxyl groups is 1. The highest BCUT2D eigenvalue weighted by Crippen LogP contribution is 2.39. The van der Waals surface area contributed by atoms with Crippen molar-refractivity contribution in [3.05, 3.63) is 58.9 Å². The largest absolute Gasteiger partial charge is 0.487 e. The van der Waals surface area contributed by atoms with Crippen LogP contribution in [0.5, 0.6) is 5.75 Å². The predicted octanol–water partition coefficient (Wildman–Crippen LogP) is 3.53. The van der Waals surface area contributed by atoms with Crippen LogP contribution in [0.15, 0.2) is 36.5 Å². The van der Waals surface area contributed by atoms with Crippen molar-refractivity contribution < 1.29 is 9.84 Å². The van der Waals surface area contributed by atoms with Crippen molar-refractivity contribution in [1.29, 1.82) is 0 Å². The highest BCUT2D eigenvalue weighted by molar-refractivity contribution is 5.43. The standard InChI is InChI=1S/C21H28N2O2/c1-15-10-17(12-23-21(3,14-24)18-7-8-18)11-16(2)20(15)25-13-19-6-4-5-9-22-19/h4-6,9-11,18,23-24H,7-8,12-14H2,1-3H3. The molecule has 2 N–H and O–H groups in total. The number of nitrogens with zero attached hydrogens (tertiary/aromatic N) is 1. The van der Waals surface area contributed by atoms with E-state index < -0.39 is 0 Å². The predicted molar refractivity (Wildman–Crippen MR) is 99.5 cm³/mol. The van der Waals surface area contributed by atoms with E-state index in [1.165, 1.54) is 18.4 Å². The van der Waals surface area contributed by atoms with Gasteiger partial charge in [-0.05, 0) is 68.4 Å². The van der Waals surface area contributed by atoms with E-state index in [-0.39, 0.29) is 12.1 Å². The van der Waals surface area contributed by atoms with Crippen molar-refractivity contribution in [2.45, 2.75) is 52.3 Å². The van der Waals surface area contributed by atoms with E-state index in [0.717, 1.165) is 29.1 Å². The van der Waals surface area contributed by atoms with Gasteiger partial charge in [-0.1, -0.05) is 18.2 Å². The average molecular weight is 340 g/mol. The third kappa shape index (κ3) is 4.39. The lowest BCUT2D eigenvalue weighted by molar-refractivity contribution is 0.153. The summed E-state index contributed by atoms with van der Waals surface area (Å²) in [5, 5.41) is 13.3. The second kappa shape index (κ2) is 7.54. The van der Waals surface area contributed by atoms with Crippen molar-refractivity contribution in [2.75, 3.05) is 6.61 Å². The summed E-state index contributed by atoms with van der Waals surface area (Å²) in [7, 11) is 0. The van der Waals surface area contributed by atoms with Crippen LogP contribution < -0.4 is 10.1 Å². The van der Waals surface area contributed by atoms with Crippen LogP contribution in [0.4, 0.5) is 0 Å². The number of pyridine rings is 1. The Labute approximate surface area is 150 Å². The first kappa shape index (κ1) is 17.9. The molecule has 2 aromatic rings. The molecule has 1 unspecified atom stereocenters. The summed E-state index contributed by atoms with van der Waals surface area (Å²) in [5.74, 6) is 1.53. The number of nitrogens with one attached hydrogen (secondary N) is 1. The van der Waals surface area contributed by atoms with Crippen LogP contribution >= 0.6 is 0 Å². The molecule has 1 aromatic heterocycles. The molecule has 0 saturated heterocycles. The van der Waals surface area contributed by atoms with Crippen LogP contribution in [-0.4, -0.2) is 22.2 Å². The van der Waals surface area contributed by atoms with Crippen LogP contribution in [0.25, 0.3) is 0 Å². The van der Waals surface area contributed by atoms with Gasteiger partial charge in [-0.2, -0.15) is 0 Å². The van der Waals surface area contributed by atoms with Gasteiger partial charge in [-0.15, -0.1) is 0 Å². The fourth-order valence-electron chi connectivity index (χ4n) is 3.35. The van der Waals surface area contributed by atoms with Crippen LogP contribution in [0.2, 0.25) is 0 Å². The monoisotopic (exact) mass is 340 g/mol. The first-order chi connectivity index (χ1) is 12.0. The minimum absolute atomic E-state index is 0.171. The van der Waals surface area contributed by atoms with Crippen LogP contribution in [0, 0.1) is 19.8 Å². The topological polar surface area (TPSA) is 54.4 Å². The number of hydrogen-bond donors (Lipinski definition) is 2. The first-order valence-electron chi connectivity index (χ1n) is 9.00. The van der Waals surface area contributed by atoms with Crippen molar-refractivity contribution >= 4 is 0 Å². The Morgan fingerprint density at radius 1 is 1.24 bits per heavy atom. The smallest absolute Gasteiger partial charge is 0.130 e. The van der Waals surface area contributed by atoms with Gasteiger partial charge in [0.25, 0.3) is 0 Å². The zero-order valence-corrected chi connectivity index (χ0v) is 15.4. The lowest BCUT2D eigenvalue weighted by atomic mass is 9.96. The van der Waals surface area contributed by atoms with Crippen molar-refractivity contribution in [2.24, 2.45) is 5.92 Å². The zero-order chi connectivity index (χ0) is 17.9. The fourth-order valence-corrected chi connectivity index (χ4v) is 3.35. The minimum atomic E-state index is -0.171. The molecule has 0 spiro atoms. The number of benzene rings is 1. The normalized spacial score (nSPS) is 16.5. The molecular weight excluding hydrogens is 312 g/mol. The first-order valence-corrected chi connectivity index (χ1v) is 9.00. The molecule has 1 atom stereocenters. The van der Waals surface area contributed by atoms with E-state index in [1.807, 2.05) is 18.2 Å². The molecule has 1 heterocycles. The van der Waals surface area contributed by atoms with E-state index in [0.29, 0.717) is 12.5 Å². The van der Waals surface area contributed by atoms with Gasteiger partial charge in [-0.25, -0.2) is 0 Å². The maximum atomic E-state index is 9.72. The quantitative estimate of drug-likeness (QED) is 0.772. The summed E-state index contributed by atoms with van der Waals surface area (Å²) >= 11 is 0. The van der Waals surface area contributed by atoms with E-state index in [4.69, 9.17) is 4.74 Å². The molecule has 1 aromatic carbocycles. The van der Waals surface area contributed by atoms with Gasteiger partial charge >= 0.3 is 0 Å². The van der Waals surface area contributed by atoms with Crippen LogP contribution in [0.3, 0.4) is 0 Å². The highest BCUT2D eigenvalue weighted by Gasteiger charge is 2.40. The number of ether oxygens (including phenoxy) is 1. The molecule has 4 heteroatoms. The molecule has 4 nitrogen and oxygen atoms in total. The van der Waals surface area contributed by atoms with Gasteiger partial charge in [0.05, 0.1) is 12.3 Å². The van der Waals surface area contributed by atoms with Gasteiger partial charge < -0.3 is 15.2 Å². The van der Waals surface area contributed by atoms with Gasteiger partial charge in [0, 0.05) is 18.3 Å². The molecule has 1 aliphatic rings. The Balaban J connectivity index is 1.65. The SMILES string of the molecule is Cc1cc(CNC(C)(CO)C2CC2)cc(C)c1OCc1ccccn1. The summed E-state index contributed by atoms with van der Waals surface area (Å²) in [6.45, 7) is 7.70. The van der Waals surface area contributed by atoms with Gasteiger partial charge in [-0.3, -0.25) is 4.98 Å². The third-order valence-electron chi connectivity index (χ3n) is 5.11.